The van der Waals surface area contributed by atoms with Crippen molar-refractivity contribution in [3.63, 3.8) is 0 Å². The van der Waals surface area contributed by atoms with Crippen LogP contribution in [-0.4, -0.2) is 4.98 Å². The Bertz CT molecular complexity index is 637. The Kier molecular flexibility index (Phi) is 4.08. The molecular formula is C14H14N2S3. The summed E-state index contributed by atoms with van der Waals surface area (Å²) in [6.45, 7) is 3.90. The number of thiophene rings is 2. The lowest BCUT2D eigenvalue weighted by atomic mass is 10.4. The average molecular weight is 306 g/mol. The lowest BCUT2D eigenvalue weighted by Gasteiger charge is -1.98. The maximum atomic E-state index is 4.49. The maximum Gasteiger partial charge on any atom is 0.107 e. The first-order chi connectivity index (χ1) is 9.31. The minimum atomic E-state index is 0.840. The average Bonchev–Trinajstić information content (AvgIpc) is 3.09. The van der Waals surface area contributed by atoms with Gasteiger partial charge in [0.25, 0.3) is 0 Å². The molecule has 19 heavy (non-hydrogen) atoms. The van der Waals surface area contributed by atoms with E-state index >= 15 is 0 Å². The molecule has 0 fully saturated rings. The molecule has 0 radical (unpaired) electrons. The zero-order valence-corrected chi connectivity index (χ0v) is 13.0. The standard InChI is InChI=1S/C14H14N2S3/c1-10-4-5-12(18-10)13-8-16-14(19-13)9-15-7-11-3-2-6-17-11/h2-6,8,15H,7,9H2,1H3. The fourth-order valence-corrected chi connectivity index (χ4v) is 4.28. The van der Waals surface area contributed by atoms with Crippen LogP contribution in [0.1, 0.15) is 14.8 Å². The molecule has 98 valence electrons. The van der Waals surface area contributed by atoms with Gasteiger partial charge in [0.15, 0.2) is 0 Å². The number of aromatic nitrogens is 1. The van der Waals surface area contributed by atoms with Crippen molar-refractivity contribution in [3.05, 3.63) is 50.6 Å². The van der Waals surface area contributed by atoms with Gasteiger partial charge in [-0.15, -0.1) is 34.0 Å². The fourth-order valence-electron chi connectivity index (χ4n) is 1.78. The van der Waals surface area contributed by atoms with Crippen molar-refractivity contribution in [1.82, 2.24) is 10.3 Å². The number of nitrogens with one attached hydrogen (secondary N) is 1. The molecule has 5 heteroatoms. The van der Waals surface area contributed by atoms with Crippen LogP contribution in [0.3, 0.4) is 0 Å². The summed E-state index contributed by atoms with van der Waals surface area (Å²) in [4.78, 5) is 9.79. The molecule has 0 amide bonds. The summed E-state index contributed by atoms with van der Waals surface area (Å²) < 4.78 is 0. The lowest BCUT2D eigenvalue weighted by molar-refractivity contribution is 0.697. The maximum absolute atomic E-state index is 4.49. The van der Waals surface area contributed by atoms with E-state index in [2.05, 4.69) is 46.9 Å². The number of aryl methyl sites for hydroxylation is 1. The van der Waals surface area contributed by atoms with Crippen LogP contribution < -0.4 is 5.32 Å². The van der Waals surface area contributed by atoms with Crippen molar-refractivity contribution in [1.29, 1.82) is 0 Å². The second-order valence-electron chi connectivity index (χ2n) is 4.21. The second-order valence-corrected chi connectivity index (χ2v) is 7.65. The molecule has 0 aliphatic rings. The van der Waals surface area contributed by atoms with Crippen LogP contribution in [0.15, 0.2) is 35.8 Å². The summed E-state index contributed by atoms with van der Waals surface area (Å²) >= 11 is 5.39. The van der Waals surface area contributed by atoms with Gasteiger partial charge in [0.1, 0.15) is 5.01 Å². The van der Waals surface area contributed by atoms with Crippen LogP contribution in [0.5, 0.6) is 0 Å². The number of thiazole rings is 1. The molecule has 3 heterocycles. The van der Waals surface area contributed by atoms with Gasteiger partial charge in [-0.2, -0.15) is 0 Å². The summed E-state index contributed by atoms with van der Waals surface area (Å²) in [6, 6.07) is 8.58. The highest BCUT2D eigenvalue weighted by Crippen LogP contribution is 2.31. The van der Waals surface area contributed by atoms with Gasteiger partial charge in [0.2, 0.25) is 0 Å². The van der Waals surface area contributed by atoms with Crippen LogP contribution in [0.4, 0.5) is 0 Å². The van der Waals surface area contributed by atoms with Gasteiger partial charge in [0.05, 0.1) is 4.88 Å². The minimum absolute atomic E-state index is 0.840. The van der Waals surface area contributed by atoms with Crippen molar-refractivity contribution in [2.75, 3.05) is 0 Å². The summed E-state index contributed by atoms with van der Waals surface area (Å²) in [5.41, 5.74) is 0. The van der Waals surface area contributed by atoms with E-state index < -0.39 is 0 Å². The Morgan fingerprint density at radius 2 is 2.05 bits per heavy atom. The van der Waals surface area contributed by atoms with Crippen molar-refractivity contribution >= 4 is 34.0 Å². The molecule has 3 aromatic rings. The summed E-state index contributed by atoms with van der Waals surface area (Å²) in [7, 11) is 0. The van der Waals surface area contributed by atoms with Gasteiger partial charge in [-0.3, -0.25) is 0 Å². The molecule has 0 saturated heterocycles. The summed E-state index contributed by atoms with van der Waals surface area (Å²) in [6.07, 6.45) is 1.98. The van der Waals surface area contributed by atoms with E-state index in [1.54, 1.807) is 22.7 Å². The smallest absolute Gasteiger partial charge is 0.107 e. The van der Waals surface area contributed by atoms with E-state index in [-0.39, 0.29) is 0 Å². The van der Waals surface area contributed by atoms with Gasteiger partial charge in [-0.1, -0.05) is 6.07 Å². The van der Waals surface area contributed by atoms with E-state index in [4.69, 9.17) is 0 Å². The van der Waals surface area contributed by atoms with E-state index in [1.807, 2.05) is 17.5 Å². The zero-order valence-electron chi connectivity index (χ0n) is 10.6. The third-order valence-electron chi connectivity index (χ3n) is 2.69. The van der Waals surface area contributed by atoms with E-state index in [0.29, 0.717) is 0 Å². The van der Waals surface area contributed by atoms with Gasteiger partial charge < -0.3 is 5.32 Å². The second kappa shape index (κ2) is 5.96. The monoisotopic (exact) mass is 306 g/mol. The predicted molar refractivity (Wildman–Crippen MR) is 85.0 cm³/mol. The topological polar surface area (TPSA) is 24.9 Å². The highest BCUT2D eigenvalue weighted by Gasteiger charge is 2.06. The largest absolute Gasteiger partial charge is 0.306 e. The zero-order chi connectivity index (χ0) is 13.1. The molecule has 0 bridgehead atoms. The van der Waals surface area contributed by atoms with Crippen molar-refractivity contribution in [3.8, 4) is 9.75 Å². The van der Waals surface area contributed by atoms with Crippen LogP contribution in [-0.2, 0) is 13.1 Å². The third kappa shape index (κ3) is 3.30. The summed E-state index contributed by atoms with van der Waals surface area (Å²) in [5, 5.41) is 6.70. The molecule has 3 aromatic heterocycles. The fraction of sp³-hybridized carbons (Fsp3) is 0.214. The first-order valence-electron chi connectivity index (χ1n) is 6.06. The molecular weight excluding hydrogens is 292 g/mol. The van der Waals surface area contributed by atoms with Gasteiger partial charge in [0, 0.05) is 33.9 Å². The first-order valence-corrected chi connectivity index (χ1v) is 8.57. The van der Waals surface area contributed by atoms with Crippen LogP contribution in [0.25, 0.3) is 9.75 Å². The molecule has 0 spiro atoms. The molecule has 0 saturated carbocycles. The van der Waals surface area contributed by atoms with Crippen molar-refractivity contribution in [2.24, 2.45) is 0 Å². The van der Waals surface area contributed by atoms with Crippen LogP contribution in [0.2, 0.25) is 0 Å². The molecule has 0 atom stereocenters. The normalized spacial score (nSPS) is 11.0. The molecule has 3 rings (SSSR count). The SMILES string of the molecule is Cc1ccc(-c2cnc(CNCc3cccs3)s2)s1. The number of nitrogens with zero attached hydrogens (tertiary/aromatic N) is 1. The molecule has 0 aromatic carbocycles. The predicted octanol–water partition coefficient (Wildman–Crippen LogP) is 4.53. The Morgan fingerprint density at radius 3 is 2.79 bits per heavy atom. The third-order valence-corrected chi connectivity index (χ3v) is 5.76. The Balaban J connectivity index is 1.59. The summed E-state index contributed by atoms with van der Waals surface area (Å²) in [5.74, 6) is 0. The van der Waals surface area contributed by atoms with E-state index in [9.17, 15) is 0 Å². The van der Waals surface area contributed by atoms with E-state index in [1.165, 1.54) is 19.5 Å². The molecule has 0 aliphatic heterocycles. The van der Waals surface area contributed by atoms with Gasteiger partial charge in [-0.25, -0.2) is 4.98 Å². The highest BCUT2D eigenvalue weighted by atomic mass is 32.1. The molecule has 2 nitrogen and oxygen atoms in total. The molecule has 0 aliphatic carbocycles. The number of hydrogen-bond donors (Lipinski definition) is 1. The van der Waals surface area contributed by atoms with Crippen molar-refractivity contribution in [2.45, 2.75) is 20.0 Å². The highest BCUT2D eigenvalue weighted by molar-refractivity contribution is 7.21. The van der Waals surface area contributed by atoms with Crippen molar-refractivity contribution < 1.29 is 0 Å². The first kappa shape index (κ1) is 13.0. The Hall–Kier alpha value is -1.01. The van der Waals surface area contributed by atoms with Crippen LogP contribution in [0, 0.1) is 6.92 Å². The Morgan fingerprint density at radius 1 is 1.11 bits per heavy atom. The lowest BCUT2D eigenvalue weighted by Crippen LogP contribution is -2.11. The molecule has 0 unspecified atom stereocenters. The van der Waals surface area contributed by atoms with E-state index in [0.717, 1.165) is 18.1 Å². The van der Waals surface area contributed by atoms with Gasteiger partial charge in [-0.05, 0) is 30.5 Å². The van der Waals surface area contributed by atoms with Gasteiger partial charge >= 0.3 is 0 Å². The Labute approximate surface area is 124 Å². The quantitative estimate of drug-likeness (QED) is 0.749. The van der Waals surface area contributed by atoms with Crippen LogP contribution >= 0.6 is 34.0 Å². The number of rotatable bonds is 5. The minimum Gasteiger partial charge on any atom is -0.306 e. The molecule has 1 N–H and O–H groups in total. The number of hydrogen-bond acceptors (Lipinski definition) is 5.